The lowest BCUT2D eigenvalue weighted by Gasteiger charge is -2.20. The van der Waals surface area contributed by atoms with Crippen molar-refractivity contribution in [2.24, 2.45) is 0 Å². The van der Waals surface area contributed by atoms with E-state index in [0.29, 0.717) is 45.8 Å². The molecular weight excluding hydrogens is 450 g/mol. The van der Waals surface area contributed by atoms with Crippen molar-refractivity contribution >= 4 is 52.7 Å². The standard InChI is InChI=1S/C23H26ClN3O4S/c1-23(2,3)26-21(29)30-12-4-11-27(15-28)18-9-10-20-19(13-18)25-22(31-20)32-14-16-5-7-17(24)8-6-16/h5-10,13,15H,4,11-12,14H2,1-3H3,(H,26,29). The average molecular weight is 476 g/mol. The topological polar surface area (TPSA) is 84.7 Å². The number of nitrogens with zero attached hydrogens (tertiary/aromatic N) is 2. The number of ether oxygens (including phenoxy) is 1. The number of benzene rings is 2. The number of carbonyl (C=O) groups is 2. The van der Waals surface area contributed by atoms with E-state index >= 15 is 0 Å². The first kappa shape index (κ1) is 23.9. The minimum absolute atomic E-state index is 0.212. The van der Waals surface area contributed by atoms with Gasteiger partial charge < -0.3 is 19.4 Å². The molecule has 32 heavy (non-hydrogen) atoms. The number of fused-ring (bicyclic) bond motifs is 1. The number of thioether (sulfide) groups is 1. The van der Waals surface area contributed by atoms with E-state index in [4.69, 9.17) is 20.8 Å². The molecule has 0 saturated carbocycles. The Morgan fingerprint density at radius 1 is 1.25 bits per heavy atom. The molecule has 0 saturated heterocycles. The number of halogens is 1. The SMILES string of the molecule is CC(C)(C)NC(=O)OCCCN(C=O)c1ccc2oc(SCc3ccc(Cl)cc3)nc2c1. The van der Waals surface area contributed by atoms with Crippen LogP contribution in [-0.4, -0.2) is 36.2 Å². The first-order valence-electron chi connectivity index (χ1n) is 10.2. The maximum Gasteiger partial charge on any atom is 0.407 e. The zero-order chi connectivity index (χ0) is 23.1. The summed E-state index contributed by atoms with van der Waals surface area (Å²) in [6.07, 6.45) is 0.796. The van der Waals surface area contributed by atoms with Crippen LogP contribution in [0.2, 0.25) is 5.02 Å². The van der Waals surface area contributed by atoms with E-state index in [0.717, 1.165) is 12.0 Å². The molecule has 170 valence electrons. The van der Waals surface area contributed by atoms with Gasteiger partial charge in [-0.1, -0.05) is 35.5 Å². The highest BCUT2D eigenvalue weighted by Crippen LogP contribution is 2.29. The molecule has 0 fully saturated rings. The van der Waals surface area contributed by atoms with Crippen LogP contribution in [0, 0.1) is 0 Å². The number of hydrogen-bond acceptors (Lipinski definition) is 6. The summed E-state index contributed by atoms with van der Waals surface area (Å²) in [6.45, 7) is 6.26. The summed E-state index contributed by atoms with van der Waals surface area (Å²) < 4.78 is 11.0. The van der Waals surface area contributed by atoms with Gasteiger partial charge >= 0.3 is 6.09 Å². The molecule has 2 amide bonds. The summed E-state index contributed by atoms with van der Waals surface area (Å²) in [5, 5.41) is 3.99. The molecule has 7 nitrogen and oxygen atoms in total. The predicted octanol–water partition coefficient (Wildman–Crippen LogP) is 5.65. The van der Waals surface area contributed by atoms with E-state index in [1.54, 1.807) is 11.0 Å². The van der Waals surface area contributed by atoms with Gasteiger partial charge in [0, 0.05) is 28.5 Å². The second-order valence-corrected chi connectivity index (χ2v) is 9.57. The Hall–Kier alpha value is -2.71. The lowest BCUT2D eigenvalue weighted by Crippen LogP contribution is -2.41. The Kier molecular flexibility index (Phi) is 8.04. The molecule has 0 atom stereocenters. The van der Waals surface area contributed by atoms with Crippen LogP contribution in [0.15, 0.2) is 52.1 Å². The minimum Gasteiger partial charge on any atom is -0.449 e. The van der Waals surface area contributed by atoms with Gasteiger partial charge in [-0.15, -0.1) is 0 Å². The molecule has 0 aliphatic heterocycles. The van der Waals surface area contributed by atoms with Gasteiger partial charge in [0.25, 0.3) is 5.22 Å². The fourth-order valence-electron chi connectivity index (χ4n) is 2.85. The summed E-state index contributed by atoms with van der Waals surface area (Å²) in [4.78, 5) is 29.4. The monoisotopic (exact) mass is 475 g/mol. The molecule has 0 spiro atoms. The summed E-state index contributed by atoms with van der Waals surface area (Å²) in [6, 6.07) is 13.1. The lowest BCUT2D eigenvalue weighted by atomic mass is 10.1. The second-order valence-electron chi connectivity index (χ2n) is 8.21. The first-order chi connectivity index (χ1) is 15.2. The normalized spacial score (nSPS) is 11.4. The fourth-order valence-corrected chi connectivity index (χ4v) is 3.77. The summed E-state index contributed by atoms with van der Waals surface area (Å²) in [7, 11) is 0. The number of aromatic nitrogens is 1. The molecule has 0 aliphatic rings. The van der Waals surface area contributed by atoms with E-state index in [1.807, 2.05) is 57.2 Å². The third kappa shape index (κ3) is 7.17. The highest BCUT2D eigenvalue weighted by Gasteiger charge is 2.15. The Labute approximate surface area is 196 Å². The van der Waals surface area contributed by atoms with Crippen molar-refractivity contribution in [1.29, 1.82) is 0 Å². The number of rotatable bonds is 9. The van der Waals surface area contributed by atoms with Crippen molar-refractivity contribution in [1.82, 2.24) is 10.3 Å². The predicted molar refractivity (Wildman–Crippen MR) is 127 cm³/mol. The zero-order valence-electron chi connectivity index (χ0n) is 18.3. The Bertz CT molecular complexity index is 1060. The van der Waals surface area contributed by atoms with Gasteiger partial charge in [0.2, 0.25) is 6.41 Å². The van der Waals surface area contributed by atoms with Gasteiger partial charge in [0.15, 0.2) is 5.58 Å². The van der Waals surface area contributed by atoms with E-state index < -0.39 is 6.09 Å². The van der Waals surface area contributed by atoms with Crippen LogP contribution < -0.4 is 10.2 Å². The van der Waals surface area contributed by atoms with Crippen LogP contribution in [0.5, 0.6) is 0 Å². The van der Waals surface area contributed by atoms with Crippen LogP contribution in [0.25, 0.3) is 11.1 Å². The highest BCUT2D eigenvalue weighted by atomic mass is 35.5. The third-order valence-corrected chi connectivity index (χ3v) is 5.49. The van der Waals surface area contributed by atoms with E-state index in [2.05, 4.69) is 10.3 Å². The van der Waals surface area contributed by atoms with Crippen molar-refractivity contribution in [3.63, 3.8) is 0 Å². The van der Waals surface area contributed by atoms with Gasteiger partial charge in [0.05, 0.1) is 6.61 Å². The van der Waals surface area contributed by atoms with Gasteiger partial charge in [-0.25, -0.2) is 9.78 Å². The number of carbonyl (C=O) groups excluding carboxylic acids is 2. The molecule has 0 radical (unpaired) electrons. The molecule has 1 heterocycles. The average Bonchev–Trinajstić information content (AvgIpc) is 3.14. The molecule has 3 aromatic rings. The van der Waals surface area contributed by atoms with Crippen LogP contribution >= 0.6 is 23.4 Å². The lowest BCUT2D eigenvalue weighted by molar-refractivity contribution is -0.107. The van der Waals surface area contributed by atoms with Crippen LogP contribution in [0.1, 0.15) is 32.8 Å². The van der Waals surface area contributed by atoms with Crippen LogP contribution in [0.4, 0.5) is 10.5 Å². The van der Waals surface area contributed by atoms with Crippen molar-refractivity contribution in [2.45, 2.75) is 43.7 Å². The number of nitrogens with one attached hydrogen (secondary N) is 1. The maximum atomic E-state index is 11.7. The smallest absolute Gasteiger partial charge is 0.407 e. The minimum atomic E-state index is -0.470. The summed E-state index contributed by atoms with van der Waals surface area (Å²) in [5.41, 5.74) is 2.79. The van der Waals surface area contributed by atoms with Crippen molar-refractivity contribution in [3.8, 4) is 0 Å². The molecule has 1 N–H and O–H groups in total. The molecule has 0 bridgehead atoms. The number of oxazole rings is 1. The van der Waals surface area contributed by atoms with Gasteiger partial charge in [-0.05, 0) is 63.1 Å². The van der Waals surface area contributed by atoms with Gasteiger partial charge in [0.1, 0.15) is 5.52 Å². The quantitative estimate of drug-likeness (QED) is 0.244. The summed E-state index contributed by atoms with van der Waals surface area (Å²) in [5.74, 6) is 0.708. The second kappa shape index (κ2) is 10.7. The van der Waals surface area contributed by atoms with Gasteiger partial charge in [-0.2, -0.15) is 0 Å². The Morgan fingerprint density at radius 3 is 2.69 bits per heavy atom. The first-order valence-corrected chi connectivity index (χ1v) is 11.5. The highest BCUT2D eigenvalue weighted by molar-refractivity contribution is 7.98. The van der Waals surface area contributed by atoms with Crippen LogP contribution in [-0.2, 0) is 15.3 Å². The summed E-state index contributed by atoms with van der Waals surface area (Å²) >= 11 is 7.41. The number of alkyl carbamates (subject to hydrolysis) is 1. The van der Waals surface area contributed by atoms with E-state index in [1.165, 1.54) is 11.8 Å². The number of hydrogen-bond donors (Lipinski definition) is 1. The van der Waals surface area contributed by atoms with Gasteiger partial charge in [-0.3, -0.25) is 4.79 Å². The van der Waals surface area contributed by atoms with Crippen molar-refractivity contribution in [2.75, 3.05) is 18.1 Å². The van der Waals surface area contributed by atoms with Crippen LogP contribution in [0.3, 0.4) is 0 Å². The van der Waals surface area contributed by atoms with E-state index in [9.17, 15) is 9.59 Å². The van der Waals surface area contributed by atoms with Crippen molar-refractivity contribution in [3.05, 3.63) is 53.1 Å². The Balaban J connectivity index is 1.55. The molecule has 3 rings (SSSR count). The number of amides is 2. The molecule has 0 unspecified atom stereocenters. The molecular formula is C23H26ClN3O4S. The largest absolute Gasteiger partial charge is 0.449 e. The number of anilines is 1. The molecule has 0 aliphatic carbocycles. The molecule has 9 heteroatoms. The zero-order valence-corrected chi connectivity index (χ0v) is 19.8. The maximum absolute atomic E-state index is 11.7. The van der Waals surface area contributed by atoms with Crippen molar-refractivity contribution < 1.29 is 18.7 Å². The molecule has 2 aromatic carbocycles. The third-order valence-electron chi connectivity index (χ3n) is 4.34. The Morgan fingerprint density at radius 2 is 2.00 bits per heavy atom. The van der Waals surface area contributed by atoms with E-state index in [-0.39, 0.29) is 12.1 Å². The molecule has 1 aromatic heterocycles. The fraction of sp³-hybridized carbons (Fsp3) is 0.348.